The number of aromatic nitrogens is 1. The number of anilines is 2. The molecule has 1 unspecified atom stereocenters. The number of rotatable bonds is 2. The van der Waals surface area contributed by atoms with E-state index in [0.717, 1.165) is 12.4 Å². The molecule has 0 amide bonds. The van der Waals surface area contributed by atoms with E-state index in [-0.39, 0.29) is 0 Å². The normalized spacial score (nSPS) is 21.1. The zero-order valence-electron chi connectivity index (χ0n) is 10.6. The summed E-state index contributed by atoms with van der Waals surface area (Å²) < 4.78 is 5.18. The lowest BCUT2D eigenvalue weighted by molar-refractivity contribution is 0.400. The van der Waals surface area contributed by atoms with Crippen molar-refractivity contribution >= 4 is 11.5 Å². The Morgan fingerprint density at radius 3 is 2.94 bits per heavy atom. The molecule has 1 aromatic rings. The molecule has 1 saturated heterocycles. The van der Waals surface area contributed by atoms with Crippen molar-refractivity contribution in [3.8, 4) is 5.88 Å². The number of ether oxygens (including phenoxy) is 1. The molecule has 0 bridgehead atoms. The van der Waals surface area contributed by atoms with Gasteiger partial charge in [-0.05, 0) is 31.9 Å². The Kier molecular flexibility index (Phi) is 3.71. The highest BCUT2D eigenvalue weighted by Crippen LogP contribution is 2.27. The summed E-state index contributed by atoms with van der Waals surface area (Å²) in [4.78, 5) is 6.84. The van der Waals surface area contributed by atoms with E-state index >= 15 is 0 Å². The van der Waals surface area contributed by atoms with Crippen LogP contribution in [-0.4, -0.2) is 24.7 Å². The number of nitrogens with two attached hydrogens (primary N) is 1. The molecular formula is C13H21N3O. The van der Waals surface area contributed by atoms with Crippen molar-refractivity contribution in [1.82, 2.24) is 4.98 Å². The number of hydrogen-bond acceptors (Lipinski definition) is 4. The molecule has 1 aliphatic heterocycles. The maximum absolute atomic E-state index is 5.79. The Bertz CT molecular complexity index is 381. The molecule has 2 N–H and O–H groups in total. The van der Waals surface area contributed by atoms with Gasteiger partial charge in [-0.3, -0.25) is 0 Å². The van der Waals surface area contributed by atoms with Gasteiger partial charge in [-0.25, -0.2) is 0 Å². The first kappa shape index (κ1) is 12.0. The maximum Gasteiger partial charge on any atom is 0.238 e. The van der Waals surface area contributed by atoms with E-state index in [1.807, 2.05) is 12.1 Å². The Morgan fingerprint density at radius 2 is 2.18 bits per heavy atom. The summed E-state index contributed by atoms with van der Waals surface area (Å²) >= 11 is 0. The second kappa shape index (κ2) is 5.25. The molecule has 0 saturated carbocycles. The van der Waals surface area contributed by atoms with Gasteiger partial charge in [-0.1, -0.05) is 12.8 Å². The summed E-state index contributed by atoms with van der Waals surface area (Å²) in [5, 5.41) is 0. The lowest BCUT2D eigenvalue weighted by Crippen LogP contribution is -2.33. The minimum Gasteiger partial charge on any atom is -0.479 e. The molecule has 4 nitrogen and oxygen atoms in total. The van der Waals surface area contributed by atoms with E-state index in [9.17, 15) is 0 Å². The third kappa shape index (κ3) is 2.62. The van der Waals surface area contributed by atoms with Crippen LogP contribution in [0.2, 0.25) is 0 Å². The van der Waals surface area contributed by atoms with Gasteiger partial charge in [0.15, 0.2) is 0 Å². The molecule has 1 fully saturated rings. The van der Waals surface area contributed by atoms with Crippen molar-refractivity contribution in [1.29, 1.82) is 0 Å². The molecule has 0 aromatic carbocycles. The average molecular weight is 235 g/mol. The van der Waals surface area contributed by atoms with Crippen molar-refractivity contribution in [3.05, 3.63) is 12.1 Å². The lowest BCUT2D eigenvalue weighted by Gasteiger charge is -2.28. The third-order valence-electron chi connectivity index (χ3n) is 3.42. The minimum absolute atomic E-state index is 0.527. The van der Waals surface area contributed by atoms with Crippen LogP contribution in [0.15, 0.2) is 12.1 Å². The number of hydrogen-bond donors (Lipinski definition) is 1. The summed E-state index contributed by atoms with van der Waals surface area (Å²) in [6.07, 6.45) is 5.09. The predicted molar refractivity (Wildman–Crippen MR) is 70.5 cm³/mol. The van der Waals surface area contributed by atoms with Crippen LogP contribution in [0.25, 0.3) is 0 Å². The Labute approximate surface area is 103 Å². The first-order chi connectivity index (χ1) is 8.22. The van der Waals surface area contributed by atoms with E-state index < -0.39 is 0 Å². The Balaban J connectivity index is 2.25. The molecule has 2 heterocycles. The van der Waals surface area contributed by atoms with Gasteiger partial charge >= 0.3 is 0 Å². The molecule has 1 atom stereocenters. The fraction of sp³-hybridized carbons (Fsp3) is 0.615. The van der Waals surface area contributed by atoms with Crippen LogP contribution in [0.3, 0.4) is 0 Å². The highest BCUT2D eigenvalue weighted by molar-refractivity contribution is 5.54. The van der Waals surface area contributed by atoms with Gasteiger partial charge in [-0.2, -0.15) is 4.98 Å². The SMILES string of the molecule is COc1nc(N2CCCCCC2C)ccc1N. The highest BCUT2D eigenvalue weighted by Gasteiger charge is 2.19. The second-order valence-electron chi connectivity index (χ2n) is 4.66. The number of nitrogen functional groups attached to an aromatic ring is 1. The summed E-state index contributed by atoms with van der Waals surface area (Å²) in [7, 11) is 1.61. The monoisotopic (exact) mass is 235 g/mol. The zero-order valence-corrected chi connectivity index (χ0v) is 10.6. The van der Waals surface area contributed by atoms with Crippen LogP contribution < -0.4 is 15.4 Å². The standard InChI is InChI=1S/C13H21N3O/c1-10-6-4-3-5-9-16(10)12-8-7-11(14)13(15-12)17-2/h7-8,10H,3-6,9,14H2,1-2H3. The zero-order chi connectivity index (χ0) is 12.3. The molecule has 0 spiro atoms. The van der Waals surface area contributed by atoms with Crippen molar-refractivity contribution in [2.75, 3.05) is 24.3 Å². The third-order valence-corrected chi connectivity index (χ3v) is 3.42. The predicted octanol–water partition coefficient (Wildman–Crippen LogP) is 2.44. The molecule has 0 aliphatic carbocycles. The molecule has 94 valence electrons. The van der Waals surface area contributed by atoms with Crippen LogP contribution in [0.5, 0.6) is 5.88 Å². The van der Waals surface area contributed by atoms with E-state index in [1.54, 1.807) is 7.11 Å². The highest BCUT2D eigenvalue weighted by atomic mass is 16.5. The van der Waals surface area contributed by atoms with E-state index in [1.165, 1.54) is 25.7 Å². The minimum atomic E-state index is 0.527. The average Bonchev–Trinajstić information content (AvgIpc) is 2.55. The smallest absolute Gasteiger partial charge is 0.238 e. The lowest BCUT2D eigenvalue weighted by atomic mass is 10.1. The Morgan fingerprint density at radius 1 is 1.35 bits per heavy atom. The summed E-state index contributed by atoms with van der Waals surface area (Å²) in [6.45, 7) is 3.33. The van der Waals surface area contributed by atoms with Crippen molar-refractivity contribution in [2.45, 2.75) is 38.6 Å². The van der Waals surface area contributed by atoms with Crippen LogP contribution in [0.4, 0.5) is 11.5 Å². The van der Waals surface area contributed by atoms with E-state index in [0.29, 0.717) is 17.6 Å². The summed E-state index contributed by atoms with van der Waals surface area (Å²) in [5.74, 6) is 1.50. The number of nitrogens with zero attached hydrogens (tertiary/aromatic N) is 2. The quantitative estimate of drug-likeness (QED) is 0.855. The molecular weight excluding hydrogens is 214 g/mol. The van der Waals surface area contributed by atoms with Crippen LogP contribution >= 0.6 is 0 Å². The van der Waals surface area contributed by atoms with Crippen molar-refractivity contribution < 1.29 is 4.74 Å². The van der Waals surface area contributed by atoms with Gasteiger partial charge in [0.05, 0.1) is 12.8 Å². The van der Waals surface area contributed by atoms with Gasteiger partial charge in [0.2, 0.25) is 5.88 Å². The maximum atomic E-state index is 5.79. The van der Waals surface area contributed by atoms with E-state index in [2.05, 4.69) is 16.8 Å². The second-order valence-corrected chi connectivity index (χ2v) is 4.66. The van der Waals surface area contributed by atoms with Crippen molar-refractivity contribution in [2.24, 2.45) is 0 Å². The topological polar surface area (TPSA) is 51.4 Å². The summed E-state index contributed by atoms with van der Waals surface area (Å²) in [5.41, 5.74) is 6.39. The van der Waals surface area contributed by atoms with Gasteiger partial charge < -0.3 is 15.4 Å². The van der Waals surface area contributed by atoms with Crippen LogP contribution in [0, 0.1) is 0 Å². The first-order valence-electron chi connectivity index (χ1n) is 6.29. The van der Waals surface area contributed by atoms with Crippen LogP contribution in [-0.2, 0) is 0 Å². The molecule has 0 radical (unpaired) electrons. The number of methoxy groups -OCH3 is 1. The van der Waals surface area contributed by atoms with Gasteiger partial charge in [-0.15, -0.1) is 0 Å². The fourth-order valence-electron chi connectivity index (χ4n) is 2.38. The van der Waals surface area contributed by atoms with Gasteiger partial charge in [0.1, 0.15) is 5.82 Å². The van der Waals surface area contributed by atoms with Crippen molar-refractivity contribution in [3.63, 3.8) is 0 Å². The molecule has 4 heteroatoms. The van der Waals surface area contributed by atoms with Gasteiger partial charge in [0, 0.05) is 12.6 Å². The van der Waals surface area contributed by atoms with E-state index in [4.69, 9.17) is 10.5 Å². The number of pyridine rings is 1. The molecule has 1 aromatic heterocycles. The summed E-state index contributed by atoms with van der Waals surface area (Å²) in [6, 6.07) is 4.40. The molecule has 1 aliphatic rings. The molecule has 17 heavy (non-hydrogen) atoms. The first-order valence-corrected chi connectivity index (χ1v) is 6.29. The fourth-order valence-corrected chi connectivity index (χ4v) is 2.38. The molecule has 2 rings (SSSR count). The Hall–Kier alpha value is -1.45. The van der Waals surface area contributed by atoms with Gasteiger partial charge in [0.25, 0.3) is 0 Å². The van der Waals surface area contributed by atoms with Crippen LogP contribution in [0.1, 0.15) is 32.6 Å². The largest absolute Gasteiger partial charge is 0.479 e.